The van der Waals surface area contributed by atoms with Crippen LogP contribution in [0.4, 0.5) is 0 Å². The molecule has 0 amide bonds. The predicted octanol–water partition coefficient (Wildman–Crippen LogP) is 1.34. The van der Waals surface area contributed by atoms with Crippen LogP contribution in [0.15, 0.2) is 17.4 Å². The average Bonchev–Trinajstić information content (AvgIpc) is 2.16. The largest absolute Gasteiger partial charge is 0.294 e. The molecule has 1 aliphatic carbocycles. The van der Waals surface area contributed by atoms with E-state index >= 15 is 0 Å². The van der Waals surface area contributed by atoms with Gasteiger partial charge in [-0.15, -0.1) is 0 Å². The Morgan fingerprint density at radius 3 is 3.08 bits per heavy atom. The zero-order chi connectivity index (χ0) is 9.26. The lowest BCUT2D eigenvalue weighted by atomic mass is 10.0. The minimum atomic E-state index is 0.109. The molecule has 0 N–H and O–H groups in total. The summed E-state index contributed by atoms with van der Waals surface area (Å²) in [5.74, 6) is 0.109. The van der Waals surface area contributed by atoms with Gasteiger partial charge in [0.15, 0.2) is 10.9 Å². The van der Waals surface area contributed by atoms with Crippen molar-refractivity contribution in [3.63, 3.8) is 0 Å². The summed E-state index contributed by atoms with van der Waals surface area (Å²) in [4.78, 5) is 19.5. The van der Waals surface area contributed by atoms with Crippen molar-refractivity contribution in [3.05, 3.63) is 23.5 Å². The van der Waals surface area contributed by atoms with Gasteiger partial charge in [0.1, 0.15) is 0 Å². The molecular formula is C9H8N2OS. The first-order valence-corrected chi connectivity index (χ1v) is 5.13. The van der Waals surface area contributed by atoms with Gasteiger partial charge >= 0.3 is 0 Å². The maximum Gasteiger partial charge on any atom is 0.187 e. The molecule has 66 valence electrons. The van der Waals surface area contributed by atoms with Gasteiger partial charge in [-0.1, -0.05) is 11.8 Å². The number of ketones is 1. The van der Waals surface area contributed by atoms with Gasteiger partial charge in [-0.25, -0.2) is 9.97 Å². The monoisotopic (exact) mass is 192 g/mol. The Kier molecular flexibility index (Phi) is 2.14. The Bertz CT molecular complexity index is 387. The normalized spacial score (nSPS) is 14.4. The number of hydrogen-bond donors (Lipinski definition) is 0. The van der Waals surface area contributed by atoms with Crippen molar-refractivity contribution < 1.29 is 4.79 Å². The molecule has 1 aliphatic rings. The van der Waals surface area contributed by atoms with Gasteiger partial charge in [-0.05, 0) is 18.4 Å². The molecule has 0 saturated heterocycles. The standard InChI is InChI=1S/C9H8N2OS/c1-13-9-10-5-6-2-3-7(12)4-8(6)11-9/h2-3,5H,4H2,1H3. The molecule has 0 aliphatic heterocycles. The van der Waals surface area contributed by atoms with Crippen LogP contribution in [0.1, 0.15) is 11.3 Å². The molecule has 0 radical (unpaired) electrons. The van der Waals surface area contributed by atoms with Crippen molar-refractivity contribution in [2.24, 2.45) is 0 Å². The Balaban J connectivity index is 2.46. The van der Waals surface area contributed by atoms with E-state index < -0.39 is 0 Å². The minimum absolute atomic E-state index is 0.109. The fourth-order valence-electron chi connectivity index (χ4n) is 1.19. The number of fused-ring (bicyclic) bond motifs is 1. The lowest BCUT2D eigenvalue weighted by molar-refractivity contribution is -0.114. The molecule has 0 aromatic carbocycles. The first-order valence-electron chi connectivity index (χ1n) is 3.90. The van der Waals surface area contributed by atoms with Crippen LogP contribution < -0.4 is 0 Å². The highest BCUT2D eigenvalue weighted by molar-refractivity contribution is 7.98. The Morgan fingerprint density at radius 2 is 2.31 bits per heavy atom. The molecule has 0 unspecified atom stereocenters. The van der Waals surface area contributed by atoms with Crippen LogP contribution in [0.2, 0.25) is 0 Å². The average molecular weight is 192 g/mol. The summed E-state index contributed by atoms with van der Waals surface area (Å²) in [6, 6.07) is 0. The van der Waals surface area contributed by atoms with Gasteiger partial charge < -0.3 is 0 Å². The summed E-state index contributed by atoms with van der Waals surface area (Å²) in [6.07, 6.45) is 7.43. The number of nitrogens with zero attached hydrogens (tertiary/aromatic N) is 2. The van der Waals surface area contributed by atoms with E-state index in [9.17, 15) is 4.79 Å². The maximum absolute atomic E-state index is 11.1. The maximum atomic E-state index is 11.1. The lowest BCUT2D eigenvalue weighted by Gasteiger charge is -2.07. The minimum Gasteiger partial charge on any atom is -0.294 e. The van der Waals surface area contributed by atoms with Crippen LogP contribution in [-0.4, -0.2) is 22.0 Å². The van der Waals surface area contributed by atoms with Gasteiger partial charge in [0.25, 0.3) is 0 Å². The van der Waals surface area contributed by atoms with Gasteiger partial charge in [-0.3, -0.25) is 4.79 Å². The molecule has 1 heterocycles. The summed E-state index contributed by atoms with van der Waals surface area (Å²) in [6.45, 7) is 0. The summed E-state index contributed by atoms with van der Waals surface area (Å²) in [5.41, 5.74) is 1.80. The molecule has 0 bridgehead atoms. The van der Waals surface area contributed by atoms with Gasteiger partial charge in [-0.2, -0.15) is 0 Å². The molecule has 2 rings (SSSR count). The van der Waals surface area contributed by atoms with Crippen molar-refractivity contribution in [2.45, 2.75) is 11.6 Å². The van der Waals surface area contributed by atoms with E-state index in [1.165, 1.54) is 11.8 Å². The lowest BCUT2D eigenvalue weighted by Crippen LogP contribution is -2.08. The zero-order valence-electron chi connectivity index (χ0n) is 7.15. The second-order valence-electron chi connectivity index (χ2n) is 2.74. The molecule has 3 nitrogen and oxygen atoms in total. The summed E-state index contributed by atoms with van der Waals surface area (Å²) in [5, 5.41) is 0.724. The molecule has 1 aromatic heterocycles. The number of aromatic nitrogens is 2. The van der Waals surface area contributed by atoms with Crippen molar-refractivity contribution in [2.75, 3.05) is 6.26 Å². The van der Waals surface area contributed by atoms with E-state index in [-0.39, 0.29) is 5.78 Å². The molecule has 0 spiro atoms. The van der Waals surface area contributed by atoms with Crippen LogP contribution in [0.3, 0.4) is 0 Å². The molecule has 0 atom stereocenters. The Hall–Kier alpha value is -1.16. The van der Waals surface area contributed by atoms with E-state index in [2.05, 4.69) is 9.97 Å². The zero-order valence-corrected chi connectivity index (χ0v) is 7.97. The van der Waals surface area contributed by atoms with Crippen LogP contribution in [0.5, 0.6) is 0 Å². The van der Waals surface area contributed by atoms with Gasteiger partial charge in [0.2, 0.25) is 0 Å². The van der Waals surface area contributed by atoms with Gasteiger partial charge in [0, 0.05) is 11.8 Å². The third-order valence-corrected chi connectivity index (χ3v) is 2.41. The smallest absolute Gasteiger partial charge is 0.187 e. The van der Waals surface area contributed by atoms with E-state index in [0.717, 1.165) is 16.4 Å². The van der Waals surface area contributed by atoms with Crippen LogP contribution in [0.25, 0.3) is 6.08 Å². The molecular weight excluding hydrogens is 184 g/mol. The first kappa shape index (κ1) is 8.44. The molecule has 13 heavy (non-hydrogen) atoms. The Labute approximate surface area is 80.3 Å². The molecule has 1 aromatic rings. The Morgan fingerprint density at radius 1 is 1.46 bits per heavy atom. The predicted molar refractivity (Wildman–Crippen MR) is 51.6 cm³/mol. The second-order valence-corrected chi connectivity index (χ2v) is 3.51. The van der Waals surface area contributed by atoms with Gasteiger partial charge in [0.05, 0.1) is 12.1 Å². The van der Waals surface area contributed by atoms with E-state index in [4.69, 9.17) is 0 Å². The number of hydrogen-bond acceptors (Lipinski definition) is 4. The number of carbonyl (C=O) groups excluding carboxylic acids is 1. The van der Waals surface area contributed by atoms with Crippen LogP contribution >= 0.6 is 11.8 Å². The topological polar surface area (TPSA) is 42.9 Å². The second kappa shape index (κ2) is 3.30. The molecule has 0 saturated carbocycles. The van der Waals surface area contributed by atoms with Crippen molar-refractivity contribution in [1.82, 2.24) is 9.97 Å². The summed E-state index contributed by atoms with van der Waals surface area (Å²) < 4.78 is 0. The number of thioether (sulfide) groups is 1. The molecule has 4 heteroatoms. The highest BCUT2D eigenvalue weighted by atomic mass is 32.2. The fraction of sp³-hybridized carbons (Fsp3) is 0.222. The quantitative estimate of drug-likeness (QED) is 0.497. The van der Waals surface area contributed by atoms with E-state index in [0.29, 0.717) is 6.42 Å². The van der Waals surface area contributed by atoms with Crippen LogP contribution in [0, 0.1) is 0 Å². The van der Waals surface area contributed by atoms with Crippen molar-refractivity contribution >= 4 is 23.6 Å². The van der Waals surface area contributed by atoms with E-state index in [1.807, 2.05) is 6.26 Å². The van der Waals surface area contributed by atoms with Crippen LogP contribution in [-0.2, 0) is 11.2 Å². The number of carbonyl (C=O) groups is 1. The number of rotatable bonds is 1. The molecule has 0 fully saturated rings. The number of allylic oxidation sites excluding steroid dienone is 1. The highest BCUT2D eigenvalue weighted by Crippen LogP contribution is 2.17. The SMILES string of the molecule is CSc1ncc2c(n1)CC(=O)C=C2. The fourth-order valence-corrected chi connectivity index (χ4v) is 1.55. The van der Waals surface area contributed by atoms with E-state index in [1.54, 1.807) is 18.3 Å². The third kappa shape index (κ3) is 1.62. The van der Waals surface area contributed by atoms with Crippen molar-refractivity contribution in [1.29, 1.82) is 0 Å². The van der Waals surface area contributed by atoms with Crippen molar-refractivity contribution in [3.8, 4) is 0 Å². The summed E-state index contributed by atoms with van der Waals surface area (Å²) >= 11 is 1.49. The highest BCUT2D eigenvalue weighted by Gasteiger charge is 2.12. The third-order valence-electron chi connectivity index (χ3n) is 1.85. The summed E-state index contributed by atoms with van der Waals surface area (Å²) in [7, 11) is 0. The first-order chi connectivity index (χ1) is 6.29.